The molecule has 0 atom stereocenters. The Balaban J connectivity index is 2.32. The normalized spacial score (nSPS) is 10.6. The molecule has 6 nitrogen and oxygen atoms in total. The summed E-state index contributed by atoms with van der Waals surface area (Å²) in [6.07, 6.45) is 0. The van der Waals surface area contributed by atoms with Crippen LogP contribution in [0.3, 0.4) is 0 Å². The number of carbonyl (C=O) groups is 2. The third-order valence-corrected chi connectivity index (χ3v) is 4.31. The van der Waals surface area contributed by atoms with Gasteiger partial charge in [-0.15, -0.1) is 0 Å². The Morgan fingerprint density at radius 2 is 1.48 bits per heavy atom. The fraction of sp³-hybridized carbons (Fsp3) is 0. The van der Waals surface area contributed by atoms with Crippen molar-refractivity contribution in [2.24, 2.45) is 0 Å². The Morgan fingerprint density at radius 1 is 0.815 bits per heavy atom. The lowest BCUT2D eigenvalue weighted by atomic mass is 9.91. The van der Waals surface area contributed by atoms with Crippen LogP contribution >= 0.6 is 11.6 Å². The van der Waals surface area contributed by atoms with Gasteiger partial charge in [-0.1, -0.05) is 29.8 Å². The number of carboxylic acid groups (broad SMARTS) is 2. The van der Waals surface area contributed by atoms with Crippen molar-refractivity contribution in [2.75, 3.05) is 5.73 Å². The van der Waals surface area contributed by atoms with Gasteiger partial charge in [-0.25, -0.2) is 9.59 Å². The molecule has 0 saturated heterocycles. The van der Waals surface area contributed by atoms with Gasteiger partial charge in [0.05, 0.1) is 11.1 Å². The second kappa shape index (κ2) is 7.01. The van der Waals surface area contributed by atoms with Crippen molar-refractivity contribution in [3.8, 4) is 28.0 Å². The Kier molecular flexibility index (Phi) is 4.75. The van der Waals surface area contributed by atoms with Crippen molar-refractivity contribution in [3.63, 3.8) is 0 Å². The Morgan fingerprint density at radius 3 is 2.11 bits per heavy atom. The number of rotatable bonds is 4. The van der Waals surface area contributed by atoms with E-state index in [2.05, 4.69) is 0 Å². The summed E-state index contributed by atoms with van der Waals surface area (Å²) in [5.41, 5.74) is 6.90. The summed E-state index contributed by atoms with van der Waals surface area (Å²) in [7, 11) is 0. The molecule has 0 fully saturated rings. The van der Waals surface area contributed by atoms with Gasteiger partial charge in [0.2, 0.25) is 0 Å². The third-order valence-electron chi connectivity index (χ3n) is 4.07. The van der Waals surface area contributed by atoms with Crippen LogP contribution in [-0.4, -0.2) is 27.3 Å². The van der Waals surface area contributed by atoms with Crippen LogP contribution in [0.5, 0.6) is 5.75 Å². The van der Waals surface area contributed by atoms with Gasteiger partial charge < -0.3 is 21.1 Å². The Bertz CT molecular complexity index is 1080. The van der Waals surface area contributed by atoms with Gasteiger partial charge in [-0.2, -0.15) is 0 Å². The first-order chi connectivity index (χ1) is 12.8. The van der Waals surface area contributed by atoms with Crippen molar-refractivity contribution in [1.82, 2.24) is 0 Å². The number of phenols is 1. The molecule has 0 unspecified atom stereocenters. The molecule has 7 heteroatoms. The lowest BCUT2D eigenvalue weighted by Crippen LogP contribution is -2.05. The van der Waals surface area contributed by atoms with E-state index in [-0.39, 0.29) is 39.3 Å². The summed E-state index contributed by atoms with van der Waals surface area (Å²) < 4.78 is 0. The van der Waals surface area contributed by atoms with Gasteiger partial charge in [0.25, 0.3) is 0 Å². The Labute approximate surface area is 159 Å². The number of nitrogen functional groups attached to an aromatic ring is 1. The molecule has 0 radical (unpaired) electrons. The molecule has 3 aromatic carbocycles. The summed E-state index contributed by atoms with van der Waals surface area (Å²) in [6, 6.07) is 13.3. The van der Waals surface area contributed by atoms with Crippen LogP contribution in [0.4, 0.5) is 5.69 Å². The second-order valence-corrected chi connectivity index (χ2v) is 6.24. The van der Waals surface area contributed by atoms with E-state index in [1.54, 1.807) is 24.3 Å². The monoisotopic (exact) mass is 383 g/mol. The summed E-state index contributed by atoms with van der Waals surface area (Å²) >= 11 is 6.00. The molecule has 0 bridgehead atoms. The zero-order valence-electron chi connectivity index (χ0n) is 13.8. The molecule has 3 rings (SSSR count). The van der Waals surface area contributed by atoms with Gasteiger partial charge in [0.15, 0.2) is 0 Å². The van der Waals surface area contributed by atoms with E-state index in [1.165, 1.54) is 30.3 Å². The average molecular weight is 384 g/mol. The fourth-order valence-electron chi connectivity index (χ4n) is 2.97. The van der Waals surface area contributed by atoms with Crippen molar-refractivity contribution >= 4 is 29.2 Å². The van der Waals surface area contributed by atoms with Crippen molar-refractivity contribution < 1.29 is 24.9 Å². The first-order valence-electron chi connectivity index (χ1n) is 7.78. The summed E-state index contributed by atoms with van der Waals surface area (Å²) in [5.74, 6) is -2.79. The fourth-order valence-corrected chi connectivity index (χ4v) is 3.16. The largest absolute Gasteiger partial charge is 0.507 e. The number of aromatic hydroxyl groups is 1. The van der Waals surface area contributed by atoms with Crippen LogP contribution in [-0.2, 0) is 0 Å². The maximum absolute atomic E-state index is 11.9. The second-order valence-electron chi connectivity index (χ2n) is 5.81. The molecular formula is C20H14ClNO5. The number of halogens is 1. The van der Waals surface area contributed by atoms with E-state index in [9.17, 15) is 24.9 Å². The average Bonchev–Trinajstić information content (AvgIpc) is 2.60. The number of anilines is 1. The van der Waals surface area contributed by atoms with E-state index >= 15 is 0 Å². The molecule has 0 saturated carbocycles. The van der Waals surface area contributed by atoms with Gasteiger partial charge >= 0.3 is 11.9 Å². The van der Waals surface area contributed by atoms with Crippen LogP contribution in [0.25, 0.3) is 22.3 Å². The molecular weight excluding hydrogens is 370 g/mol. The number of hydrogen-bond acceptors (Lipinski definition) is 4. The van der Waals surface area contributed by atoms with Gasteiger partial charge in [0, 0.05) is 21.8 Å². The minimum absolute atomic E-state index is 0.00292. The quantitative estimate of drug-likeness (QED) is 0.497. The Hall–Kier alpha value is -3.51. The molecule has 0 aliphatic heterocycles. The maximum atomic E-state index is 11.9. The predicted octanol–water partition coefficient (Wildman–Crippen LogP) is 4.36. The van der Waals surface area contributed by atoms with Crippen LogP contribution in [0.15, 0.2) is 54.6 Å². The highest BCUT2D eigenvalue weighted by Gasteiger charge is 2.21. The topological polar surface area (TPSA) is 121 Å². The zero-order valence-corrected chi connectivity index (χ0v) is 14.6. The SMILES string of the molecule is Nc1cc(-c2c(O)cccc2C(=O)O)cc(C(=O)O)c1-c1cccc(Cl)c1. The molecule has 0 aromatic heterocycles. The van der Waals surface area contributed by atoms with Gasteiger partial charge in [-0.05, 0) is 47.5 Å². The minimum Gasteiger partial charge on any atom is -0.507 e. The molecule has 3 aromatic rings. The van der Waals surface area contributed by atoms with E-state index in [1.807, 2.05) is 0 Å². The smallest absolute Gasteiger partial charge is 0.336 e. The highest BCUT2D eigenvalue weighted by Crippen LogP contribution is 2.39. The van der Waals surface area contributed by atoms with Crippen molar-refractivity contribution in [3.05, 3.63) is 70.7 Å². The molecule has 0 heterocycles. The first-order valence-corrected chi connectivity index (χ1v) is 8.15. The molecule has 0 aliphatic carbocycles. The molecule has 5 N–H and O–H groups in total. The van der Waals surface area contributed by atoms with Crippen LogP contribution in [0.2, 0.25) is 5.02 Å². The van der Waals surface area contributed by atoms with Crippen LogP contribution in [0.1, 0.15) is 20.7 Å². The lowest BCUT2D eigenvalue weighted by molar-refractivity contribution is 0.0687. The van der Waals surface area contributed by atoms with Gasteiger partial charge in [-0.3, -0.25) is 0 Å². The van der Waals surface area contributed by atoms with Crippen LogP contribution < -0.4 is 5.73 Å². The third kappa shape index (κ3) is 3.43. The van der Waals surface area contributed by atoms with Gasteiger partial charge in [0.1, 0.15) is 5.75 Å². The van der Waals surface area contributed by atoms with Crippen molar-refractivity contribution in [2.45, 2.75) is 0 Å². The van der Waals surface area contributed by atoms with E-state index in [0.29, 0.717) is 10.6 Å². The van der Waals surface area contributed by atoms with E-state index in [4.69, 9.17) is 17.3 Å². The molecule has 136 valence electrons. The number of benzene rings is 3. The van der Waals surface area contributed by atoms with E-state index < -0.39 is 11.9 Å². The van der Waals surface area contributed by atoms with Crippen molar-refractivity contribution in [1.29, 1.82) is 0 Å². The highest BCUT2D eigenvalue weighted by atomic mass is 35.5. The maximum Gasteiger partial charge on any atom is 0.336 e. The molecule has 0 amide bonds. The highest BCUT2D eigenvalue weighted by molar-refractivity contribution is 6.31. The number of phenolic OH excluding ortho intramolecular Hbond substituents is 1. The number of nitrogens with two attached hydrogens (primary N) is 1. The standard InChI is InChI=1S/C20H14ClNO5/c21-12-4-1-3-10(7-12)17-14(20(26)27)8-11(9-15(17)22)18-13(19(24)25)5-2-6-16(18)23/h1-9,23H,22H2,(H,24,25)(H,26,27). The van der Waals surface area contributed by atoms with E-state index in [0.717, 1.165) is 0 Å². The molecule has 0 spiro atoms. The van der Waals surface area contributed by atoms with Crippen LogP contribution in [0, 0.1) is 0 Å². The number of hydrogen-bond donors (Lipinski definition) is 4. The zero-order chi connectivity index (χ0) is 19.7. The predicted molar refractivity (Wildman–Crippen MR) is 102 cm³/mol. The first kappa shape index (κ1) is 18.3. The lowest BCUT2D eigenvalue weighted by Gasteiger charge is -2.15. The molecule has 0 aliphatic rings. The summed E-state index contributed by atoms with van der Waals surface area (Å²) in [5, 5.41) is 29.6. The summed E-state index contributed by atoms with van der Waals surface area (Å²) in [4.78, 5) is 23.4. The minimum atomic E-state index is -1.25. The molecule has 27 heavy (non-hydrogen) atoms. The summed E-state index contributed by atoms with van der Waals surface area (Å²) in [6.45, 7) is 0. The number of aromatic carboxylic acids is 2. The number of carboxylic acids is 2.